The van der Waals surface area contributed by atoms with Gasteiger partial charge in [0.2, 0.25) is 0 Å². The molecule has 0 unspecified atom stereocenters. The zero-order chi connectivity index (χ0) is 16.6. The molecule has 1 heterocycles. The van der Waals surface area contributed by atoms with Crippen LogP contribution in [0.2, 0.25) is 10.0 Å². The van der Waals surface area contributed by atoms with Gasteiger partial charge in [0.05, 0.1) is 10.7 Å². The molecule has 0 spiro atoms. The van der Waals surface area contributed by atoms with E-state index in [2.05, 4.69) is 30.1 Å². The van der Waals surface area contributed by atoms with Crippen molar-refractivity contribution in [2.24, 2.45) is 0 Å². The van der Waals surface area contributed by atoms with Gasteiger partial charge in [-0.25, -0.2) is 0 Å². The van der Waals surface area contributed by atoms with Crippen LogP contribution in [0.1, 0.15) is 25.3 Å². The van der Waals surface area contributed by atoms with Gasteiger partial charge in [-0.1, -0.05) is 55.2 Å². The molecule has 3 aromatic rings. The summed E-state index contributed by atoms with van der Waals surface area (Å²) in [6.07, 6.45) is 0. The van der Waals surface area contributed by atoms with Crippen LogP contribution in [-0.2, 0) is 0 Å². The molecule has 0 amide bonds. The molecule has 6 heteroatoms. The Hall–Kier alpha value is -1.62. The van der Waals surface area contributed by atoms with Crippen molar-refractivity contribution < 1.29 is 0 Å². The fraction of sp³-hybridized carbons (Fsp3) is 0.176. The zero-order valence-electron chi connectivity index (χ0n) is 12.7. The summed E-state index contributed by atoms with van der Waals surface area (Å²) in [6.45, 7) is 4.30. The van der Waals surface area contributed by atoms with Gasteiger partial charge >= 0.3 is 0 Å². The third-order valence-corrected chi connectivity index (χ3v) is 4.47. The first-order valence-corrected chi connectivity index (χ1v) is 8.37. The molecule has 0 aliphatic heterocycles. The summed E-state index contributed by atoms with van der Waals surface area (Å²) in [5.74, 6) is 1.03. The van der Waals surface area contributed by atoms with Crippen LogP contribution >= 0.6 is 35.4 Å². The molecule has 23 heavy (non-hydrogen) atoms. The Morgan fingerprint density at radius 2 is 1.87 bits per heavy atom. The number of hydrogen-bond acceptors (Lipinski definition) is 2. The van der Waals surface area contributed by atoms with E-state index >= 15 is 0 Å². The minimum Gasteiger partial charge on any atom is -0.268 e. The van der Waals surface area contributed by atoms with Gasteiger partial charge in [-0.05, 0) is 48.0 Å². The maximum Gasteiger partial charge on any atom is 0.200 e. The van der Waals surface area contributed by atoms with Crippen LogP contribution in [0.3, 0.4) is 0 Å². The number of aromatic nitrogens is 3. The van der Waals surface area contributed by atoms with Crippen molar-refractivity contribution in [1.29, 1.82) is 0 Å². The highest BCUT2D eigenvalue weighted by Gasteiger charge is 2.17. The number of halogens is 2. The minimum absolute atomic E-state index is 0.358. The third kappa shape index (κ3) is 3.07. The Labute approximate surface area is 149 Å². The normalized spacial score (nSPS) is 11.2. The summed E-state index contributed by atoms with van der Waals surface area (Å²) in [5.41, 5.74) is 2.97. The van der Waals surface area contributed by atoms with E-state index in [1.807, 2.05) is 28.8 Å². The first-order chi connectivity index (χ1) is 11.0. The van der Waals surface area contributed by atoms with Gasteiger partial charge < -0.3 is 0 Å². The van der Waals surface area contributed by atoms with Crippen molar-refractivity contribution in [3.8, 4) is 17.1 Å². The van der Waals surface area contributed by atoms with Crippen molar-refractivity contribution in [3.05, 3.63) is 62.8 Å². The molecule has 3 nitrogen and oxygen atoms in total. The van der Waals surface area contributed by atoms with E-state index in [4.69, 9.17) is 35.4 Å². The van der Waals surface area contributed by atoms with Crippen molar-refractivity contribution in [2.45, 2.75) is 19.8 Å². The van der Waals surface area contributed by atoms with Gasteiger partial charge in [-0.2, -0.15) is 5.10 Å². The Bertz CT molecular complexity index is 912. The SMILES string of the molecule is CC(C)c1ccccc1-n1c(-c2ccc(Cl)cc2Cl)n[nH]c1=S. The van der Waals surface area contributed by atoms with Crippen LogP contribution in [-0.4, -0.2) is 14.8 Å². The second-order valence-corrected chi connectivity index (χ2v) is 6.76. The van der Waals surface area contributed by atoms with Gasteiger partial charge in [-0.3, -0.25) is 9.67 Å². The molecule has 0 saturated carbocycles. The molecule has 0 bridgehead atoms. The highest BCUT2D eigenvalue weighted by molar-refractivity contribution is 7.71. The first-order valence-electron chi connectivity index (χ1n) is 7.21. The minimum atomic E-state index is 0.358. The van der Waals surface area contributed by atoms with Gasteiger partial charge in [-0.15, -0.1) is 0 Å². The second-order valence-electron chi connectivity index (χ2n) is 5.53. The van der Waals surface area contributed by atoms with Crippen molar-refractivity contribution in [1.82, 2.24) is 14.8 Å². The van der Waals surface area contributed by atoms with E-state index < -0.39 is 0 Å². The van der Waals surface area contributed by atoms with Crippen LogP contribution < -0.4 is 0 Å². The van der Waals surface area contributed by atoms with Crippen LogP contribution in [0.15, 0.2) is 42.5 Å². The summed E-state index contributed by atoms with van der Waals surface area (Å²) in [5, 5.41) is 8.36. The second kappa shape index (κ2) is 6.48. The summed E-state index contributed by atoms with van der Waals surface area (Å²) >= 11 is 17.8. The zero-order valence-corrected chi connectivity index (χ0v) is 15.0. The molecule has 0 atom stereocenters. The number of benzene rings is 2. The van der Waals surface area contributed by atoms with Crippen LogP contribution in [0.25, 0.3) is 17.1 Å². The molecule has 0 radical (unpaired) electrons. The van der Waals surface area contributed by atoms with Crippen LogP contribution in [0.5, 0.6) is 0 Å². The van der Waals surface area contributed by atoms with E-state index in [9.17, 15) is 0 Å². The summed E-state index contributed by atoms with van der Waals surface area (Å²) in [4.78, 5) is 0. The smallest absolute Gasteiger partial charge is 0.200 e. The molecule has 1 aromatic heterocycles. The van der Waals surface area contributed by atoms with Gasteiger partial charge in [0.15, 0.2) is 10.6 Å². The Morgan fingerprint density at radius 3 is 2.57 bits per heavy atom. The summed E-state index contributed by atoms with van der Waals surface area (Å²) in [7, 11) is 0. The van der Waals surface area contributed by atoms with Crippen molar-refractivity contribution in [2.75, 3.05) is 0 Å². The molecule has 0 aliphatic carbocycles. The molecule has 0 fully saturated rings. The molecule has 0 saturated heterocycles. The molecule has 1 N–H and O–H groups in total. The quantitative estimate of drug-likeness (QED) is 0.576. The highest BCUT2D eigenvalue weighted by atomic mass is 35.5. The summed E-state index contributed by atoms with van der Waals surface area (Å²) < 4.78 is 2.44. The van der Waals surface area contributed by atoms with Crippen molar-refractivity contribution >= 4 is 35.4 Å². The lowest BCUT2D eigenvalue weighted by Gasteiger charge is -2.15. The lowest BCUT2D eigenvalue weighted by molar-refractivity contribution is 0.845. The Balaban J connectivity index is 2.27. The van der Waals surface area contributed by atoms with Crippen LogP contribution in [0, 0.1) is 4.77 Å². The topological polar surface area (TPSA) is 33.6 Å². The van der Waals surface area contributed by atoms with E-state index in [0.717, 1.165) is 11.3 Å². The van der Waals surface area contributed by atoms with E-state index in [-0.39, 0.29) is 0 Å². The number of nitrogens with zero attached hydrogens (tertiary/aromatic N) is 2. The number of nitrogens with one attached hydrogen (secondary N) is 1. The van der Waals surface area contributed by atoms with Gasteiger partial charge in [0, 0.05) is 10.6 Å². The van der Waals surface area contributed by atoms with Crippen LogP contribution in [0.4, 0.5) is 0 Å². The molecule has 3 rings (SSSR count). The lowest BCUT2D eigenvalue weighted by atomic mass is 10.0. The standard InChI is InChI=1S/C17H15Cl2N3S/c1-10(2)12-5-3-4-6-15(12)22-16(20-21-17(22)23)13-8-7-11(18)9-14(13)19/h3-10H,1-2H3,(H,21,23). The maximum atomic E-state index is 6.35. The number of para-hydroxylation sites is 1. The maximum absolute atomic E-state index is 6.35. The van der Waals surface area contributed by atoms with Gasteiger partial charge in [0.25, 0.3) is 0 Å². The van der Waals surface area contributed by atoms with Crippen molar-refractivity contribution in [3.63, 3.8) is 0 Å². The molecular weight excluding hydrogens is 349 g/mol. The number of rotatable bonds is 3. The highest BCUT2D eigenvalue weighted by Crippen LogP contribution is 2.32. The third-order valence-electron chi connectivity index (χ3n) is 3.64. The Morgan fingerprint density at radius 1 is 1.13 bits per heavy atom. The molecule has 0 aliphatic rings. The molecular formula is C17H15Cl2N3S. The molecule has 2 aromatic carbocycles. The fourth-order valence-corrected chi connectivity index (χ4v) is 3.27. The predicted octanol–water partition coefficient (Wildman–Crippen LogP) is 6.03. The lowest BCUT2D eigenvalue weighted by Crippen LogP contribution is -2.03. The van der Waals surface area contributed by atoms with Gasteiger partial charge in [0.1, 0.15) is 0 Å². The predicted molar refractivity (Wildman–Crippen MR) is 98.3 cm³/mol. The first kappa shape index (κ1) is 16.2. The number of H-pyrrole nitrogens is 1. The average Bonchev–Trinajstić information content (AvgIpc) is 2.88. The van der Waals surface area contributed by atoms with E-state index in [1.54, 1.807) is 12.1 Å². The van der Waals surface area contributed by atoms with E-state index in [1.165, 1.54) is 5.56 Å². The Kier molecular flexibility index (Phi) is 4.57. The molecule has 118 valence electrons. The van der Waals surface area contributed by atoms with E-state index in [0.29, 0.717) is 26.6 Å². The average molecular weight is 364 g/mol. The number of hydrogen-bond donors (Lipinski definition) is 1. The fourth-order valence-electron chi connectivity index (χ4n) is 2.55. The largest absolute Gasteiger partial charge is 0.268 e. The number of aromatic amines is 1. The monoisotopic (exact) mass is 363 g/mol. The summed E-state index contributed by atoms with van der Waals surface area (Å²) in [6, 6.07) is 13.5.